The van der Waals surface area contributed by atoms with Crippen molar-refractivity contribution in [3.05, 3.63) is 97.2 Å². The number of hydrogen-bond donors (Lipinski definition) is 4. The third kappa shape index (κ3) is 6.02. The minimum atomic E-state index is -0.672. The molecular formula is C37H37N7O3. The number of nitrogens with zero attached hydrogens (tertiary/aromatic N) is 3. The number of anilines is 2. The second-order valence-corrected chi connectivity index (χ2v) is 12.3. The number of carbonyl (C=O) groups is 2. The van der Waals surface area contributed by atoms with Crippen LogP contribution in [0.1, 0.15) is 38.6 Å². The predicted octanol–water partition coefficient (Wildman–Crippen LogP) is 7.56. The van der Waals surface area contributed by atoms with Crippen molar-refractivity contribution in [2.75, 3.05) is 19.0 Å². The van der Waals surface area contributed by atoms with Gasteiger partial charge in [0.15, 0.2) is 0 Å². The van der Waals surface area contributed by atoms with Crippen molar-refractivity contribution in [1.29, 1.82) is 0 Å². The maximum atomic E-state index is 13.5. The van der Waals surface area contributed by atoms with Crippen LogP contribution in [0.2, 0.25) is 0 Å². The molecule has 10 heteroatoms. The summed E-state index contributed by atoms with van der Waals surface area (Å²) in [7, 11) is 1.30. The standard InChI is InChI=1S/C37H37N7O3/c1-22(2)34(43-37(46)47-3)36(45)44-15-7-10-33(44)35-38-20-32(42-35)26-14-12-23-16-25(13-11-24(23)17-26)28-18-30-31(40-21-39-30)19-29(28)41-27-8-5-4-6-9-27/h4-6,8-9,11-14,16-22,33-34,41H,7,10,15H2,1-3H3,(H,38,42)(H,39,40)(H,43,46)/t33-,34-/m0/s1. The lowest BCUT2D eigenvalue weighted by Crippen LogP contribution is -2.51. The van der Waals surface area contributed by atoms with Crippen LogP contribution in [0, 0.1) is 5.92 Å². The first-order chi connectivity index (χ1) is 22.9. The van der Waals surface area contributed by atoms with Crippen LogP contribution in [0.3, 0.4) is 0 Å². The van der Waals surface area contributed by atoms with Crippen molar-refractivity contribution in [2.24, 2.45) is 5.92 Å². The fourth-order valence-electron chi connectivity index (χ4n) is 6.43. The molecule has 0 aliphatic carbocycles. The molecule has 2 amide bonds. The number of alkyl carbamates (subject to hydrolysis) is 1. The van der Waals surface area contributed by atoms with E-state index in [9.17, 15) is 9.59 Å². The van der Waals surface area contributed by atoms with E-state index in [4.69, 9.17) is 9.72 Å². The first-order valence-corrected chi connectivity index (χ1v) is 15.9. The summed E-state index contributed by atoms with van der Waals surface area (Å²) in [5.41, 5.74) is 7.94. The number of amides is 2. The number of benzene rings is 4. The van der Waals surface area contributed by atoms with Crippen LogP contribution in [0.4, 0.5) is 16.2 Å². The summed E-state index contributed by atoms with van der Waals surface area (Å²) in [4.78, 5) is 43.2. The van der Waals surface area contributed by atoms with Gasteiger partial charge in [-0.15, -0.1) is 0 Å². The highest BCUT2D eigenvalue weighted by Gasteiger charge is 2.37. The fourth-order valence-corrected chi connectivity index (χ4v) is 6.43. The van der Waals surface area contributed by atoms with Crippen molar-refractivity contribution in [3.8, 4) is 22.4 Å². The van der Waals surface area contributed by atoms with Crippen LogP contribution >= 0.6 is 0 Å². The molecule has 238 valence electrons. The molecule has 0 bridgehead atoms. The van der Waals surface area contributed by atoms with Crippen LogP contribution < -0.4 is 10.6 Å². The molecule has 10 nitrogen and oxygen atoms in total. The number of aromatic nitrogens is 4. The average molecular weight is 628 g/mol. The number of H-pyrrole nitrogens is 2. The zero-order valence-corrected chi connectivity index (χ0v) is 26.6. The monoisotopic (exact) mass is 627 g/mol. The Hall–Kier alpha value is -5.64. The molecule has 0 spiro atoms. The summed E-state index contributed by atoms with van der Waals surface area (Å²) in [5, 5.41) is 8.51. The first-order valence-electron chi connectivity index (χ1n) is 15.9. The van der Waals surface area contributed by atoms with E-state index in [0.29, 0.717) is 6.54 Å². The highest BCUT2D eigenvalue weighted by molar-refractivity contribution is 5.96. The van der Waals surface area contributed by atoms with Crippen LogP contribution in [-0.2, 0) is 9.53 Å². The molecule has 1 saturated heterocycles. The molecule has 4 aromatic carbocycles. The second-order valence-electron chi connectivity index (χ2n) is 12.3. The molecule has 1 aliphatic heterocycles. The Morgan fingerprint density at radius 2 is 1.72 bits per heavy atom. The van der Waals surface area contributed by atoms with E-state index in [0.717, 1.165) is 74.2 Å². The number of imidazole rings is 2. The Labute approximate surface area is 272 Å². The lowest BCUT2D eigenvalue weighted by Gasteiger charge is -2.30. The van der Waals surface area contributed by atoms with Gasteiger partial charge in [0.2, 0.25) is 5.91 Å². The molecule has 1 fully saturated rings. The first kappa shape index (κ1) is 30.0. The normalized spacial score (nSPS) is 15.3. The van der Waals surface area contributed by atoms with Gasteiger partial charge in [-0.25, -0.2) is 14.8 Å². The number of likely N-dealkylation sites (tertiary alicyclic amines) is 1. The maximum absolute atomic E-state index is 13.5. The molecule has 2 aromatic heterocycles. The van der Waals surface area contributed by atoms with Crippen LogP contribution in [0.15, 0.2) is 91.4 Å². The maximum Gasteiger partial charge on any atom is 0.407 e. The van der Waals surface area contributed by atoms with Gasteiger partial charge in [0.05, 0.1) is 42.4 Å². The van der Waals surface area contributed by atoms with E-state index < -0.39 is 12.1 Å². The summed E-state index contributed by atoms with van der Waals surface area (Å²) in [6.07, 6.45) is 4.60. The lowest BCUT2D eigenvalue weighted by atomic mass is 9.97. The predicted molar refractivity (Wildman–Crippen MR) is 184 cm³/mol. The van der Waals surface area contributed by atoms with Gasteiger partial charge in [-0.3, -0.25) is 4.79 Å². The number of para-hydroxylation sites is 1. The van der Waals surface area contributed by atoms with Crippen molar-refractivity contribution in [3.63, 3.8) is 0 Å². The SMILES string of the molecule is COC(=O)N[C@H](C(=O)N1CCC[C@H]1c1ncc(-c2ccc3cc(-c4cc5[nH]cnc5cc4Nc4ccccc4)ccc3c2)[nH]1)C(C)C. The third-order valence-corrected chi connectivity index (χ3v) is 8.91. The summed E-state index contributed by atoms with van der Waals surface area (Å²) >= 11 is 0. The molecule has 0 saturated carbocycles. The Balaban J connectivity index is 1.15. The molecule has 2 atom stereocenters. The van der Waals surface area contributed by atoms with Crippen molar-refractivity contribution in [1.82, 2.24) is 30.2 Å². The van der Waals surface area contributed by atoms with E-state index in [2.05, 4.69) is 74.1 Å². The number of hydrogen-bond acceptors (Lipinski definition) is 6. The Bertz CT molecular complexity index is 2070. The minimum Gasteiger partial charge on any atom is -0.453 e. The molecular weight excluding hydrogens is 590 g/mol. The van der Waals surface area contributed by atoms with E-state index in [1.165, 1.54) is 7.11 Å². The van der Waals surface area contributed by atoms with Crippen LogP contribution in [0.25, 0.3) is 44.2 Å². The molecule has 47 heavy (non-hydrogen) atoms. The van der Waals surface area contributed by atoms with E-state index in [1.54, 1.807) is 6.33 Å². The van der Waals surface area contributed by atoms with Gasteiger partial charge >= 0.3 is 6.09 Å². The number of carbonyl (C=O) groups excluding carboxylic acids is 2. The number of methoxy groups -OCH3 is 1. The smallest absolute Gasteiger partial charge is 0.407 e. The quantitative estimate of drug-likeness (QED) is 0.138. The Morgan fingerprint density at radius 3 is 2.49 bits per heavy atom. The van der Waals surface area contributed by atoms with Gasteiger partial charge in [-0.1, -0.05) is 56.3 Å². The van der Waals surface area contributed by atoms with E-state index >= 15 is 0 Å². The number of fused-ring (bicyclic) bond motifs is 2. The molecule has 0 radical (unpaired) electrons. The second kappa shape index (κ2) is 12.6. The zero-order valence-electron chi connectivity index (χ0n) is 26.6. The number of rotatable bonds is 8. The zero-order chi connectivity index (χ0) is 32.5. The summed E-state index contributed by atoms with van der Waals surface area (Å²) in [5.74, 6) is 0.531. The lowest BCUT2D eigenvalue weighted by molar-refractivity contribution is -0.135. The van der Waals surface area contributed by atoms with E-state index in [-0.39, 0.29) is 17.9 Å². The number of ether oxygens (including phenoxy) is 1. The Kier molecular flexibility index (Phi) is 8.07. The van der Waals surface area contributed by atoms with Crippen LogP contribution in [0.5, 0.6) is 0 Å². The Morgan fingerprint density at radius 1 is 0.957 bits per heavy atom. The molecule has 6 aromatic rings. The van der Waals surface area contributed by atoms with Gasteiger partial charge in [0.25, 0.3) is 0 Å². The van der Waals surface area contributed by atoms with Gasteiger partial charge in [0, 0.05) is 29.0 Å². The van der Waals surface area contributed by atoms with E-state index in [1.807, 2.05) is 55.3 Å². The van der Waals surface area contributed by atoms with Gasteiger partial charge < -0.3 is 30.2 Å². The summed E-state index contributed by atoms with van der Waals surface area (Å²) in [6.45, 7) is 4.44. The largest absolute Gasteiger partial charge is 0.453 e. The third-order valence-electron chi connectivity index (χ3n) is 8.91. The molecule has 1 aliphatic rings. The molecule has 4 N–H and O–H groups in total. The van der Waals surface area contributed by atoms with Gasteiger partial charge in [-0.2, -0.15) is 0 Å². The molecule has 7 rings (SSSR count). The van der Waals surface area contributed by atoms with Gasteiger partial charge in [-0.05, 0) is 71.5 Å². The fraction of sp³-hybridized carbons (Fsp3) is 0.243. The highest BCUT2D eigenvalue weighted by atomic mass is 16.5. The topological polar surface area (TPSA) is 128 Å². The van der Waals surface area contributed by atoms with Crippen molar-refractivity contribution in [2.45, 2.75) is 38.8 Å². The van der Waals surface area contributed by atoms with Gasteiger partial charge in [0.1, 0.15) is 11.9 Å². The average Bonchev–Trinajstić information content (AvgIpc) is 3.87. The summed E-state index contributed by atoms with van der Waals surface area (Å²) in [6, 6.07) is 26.4. The van der Waals surface area contributed by atoms with Crippen molar-refractivity contribution < 1.29 is 14.3 Å². The minimum absolute atomic E-state index is 0.0896. The molecule has 0 unspecified atom stereocenters. The number of nitrogens with one attached hydrogen (secondary N) is 4. The van der Waals surface area contributed by atoms with Crippen molar-refractivity contribution >= 4 is 45.2 Å². The number of aromatic amines is 2. The highest BCUT2D eigenvalue weighted by Crippen LogP contribution is 2.37. The summed E-state index contributed by atoms with van der Waals surface area (Å²) < 4.78 is 4.76. The molecule has 3 heterocycles. The van der Waals surface area contributed by atoms with Crippen LogP contribution in [-0.4, -0.2) is 56.5 Å².